The molecule has 1 heterocycles. The average Bonchev–Trinajstić information content (AvgIpc) is 3.17. The van der Waals surface area contributed by atoms with Crippen LogP contribution in [0.3, 0.4) is 0 Å². The van der Waals surface area contributed by atoms with Gasteiger partial charge < -0.3 is 14.6 Å². The zero-order valence-corrected chi connectivity index (χ0v) is 16.1. The predicted molar refractivity (Wildman–Crippen MR) is 100 cm³/mol. The molecule has 2 atom stereocenters. The van der Waals surface area contributed by atoms with Crippen LogP contribution in [0.5, 0.6) is 11.5 Å². The Hall–Kier alpha value is -2.74. The highest BCUT2D eigenvalue weighted by atomic mass is 19.4. The topological polar surface area (TPSA) is 59.0 Å². The number of benzene rings is 2. The summed E-state index contributed by atoms with van der Waals surface area (Å²) in [5.74, 6) is -0.238. The number of rotatable bonds is 6. The summed E-state index contributed by atoms with van der Waals surface area (Å²) in [6.07, 6.45) is -3.59. The second-order valence-corrected chi connectivity index (χ2v) is 6.84. The number of likely N-dealkylation sites (tertiary alicyclic amines) is 1. The van der Waals surface area contributed by atoms with Gasteiger partial charge >= 0.3 is 12.1 Å². The first-order valence-corrected chi connectivity index (χ1v) is 9.14. The van der Waals surface area contributed by atoms with Crippen LogP contribution in [-0.2, 0) is 11.0 Å². The van der Waals surface area contributed by atoms with Gasteiger partial charge in [0.15, 0.2) is 11.5 Å². The van der Waals surface area contributed by atoms with E-state index in [4.69, 9.17) is 9.47 Å². The minimum atomic E-state index is -4.57. The van der Waals surface area contributed by atoms with Crippen molar-refractivity contribution in [3.8, 4) is 11.5 Å². The van der Waals surface area contributed by atoms with Crippen molar-refractivity contribution >= 4 is 5.97 Å². The molecule has 156 valence electrons. The maximum Gasteiger partial charge on any atom is 0.416 e. The summed E-state index contributed by atoms with van der Waals surface area (Å²) >= 11 is 0. The summed E-state index contributed by atoms with van der Waals surface area (Å²) in [7, 11) is 2.91. The first-order valence-electron chi connectivity index (χ1n) is 9.14. The van der Waals surface area contributed by atoms with Crippen LogP contribution in [0.15, 0.2) is 42.5 Å². The number of nitrogens with zero attached hydrogens (tertiary/aromatic N) is 1. The molecular weight excluding hydrogens is 387 g/mol. The summed E-state index contributed by atoms with van der Waals surface area (Å²) in [6.45, 7) is 0.377. The number of hydrogen-bond donors (Lipinski definition) is 1. The quantitative estimate of drug-likeness (QED) is 0.768. The van der Waals surface area contributed by atoms with Crippen LogP contribution >= 0.6 is 0 Å². The highest BCUT2D eigenvalue weighted by Crippen LogP contribution is 2.43. The van der Waals surface area contributed by atoms with Crippen molar-refractivity contribution in [1.82, 2.24) is 4.90 Å². The van der Waals surface area contributed by atoms with Crippen LogP contribution in [0, 0.1) is 0 Å². The van der Waals surface area contributed by atoms with Gasteiger partial charge in [0.25, 0.3) is 0 Å². The van der Waals surface area contributed by atoms with E-state index < -0.39 is 29.8 Å². The molecule has 0 saturated carbocycles. The maximum absolute atomic E-state index is 13.8. The fraction of sp³-hybridized carbons (Fsp3) is 0.381. The Balaban J connectivity index is 2.21. The lowest BCUT2D eigenvalue weighted by Gasteiger charge is -2.33. The Kier molecular flexibility index (Phi) is 6.02. The third-order valence-corrected chi connectivity index (χ3v) is 5.20. The van der Waals surface area contributed by atoms with Gasteiger partial charge in [-0.3, -0.25) is 9.69 Å². The Morgan fingerprint density at radius 2 is 1.83 bits per heavy atom. The van der Waals surface area contributed by atoms with Gasteiger partial charge in [-0.1, -0.05) is 24.3 Å². The number of ether oxygens (including phenoxy) is 2. The van der Waals surface area contributed by atoms with Crippen LogP contribution in [0.1, 0.15) is 35.6 Å². The molecule has 3 rings (SSSR count). The summed E-state index contributed by atoms with van der Waals surface area (Å²) < 4.78 is 51.8. The zero-order valence-electron chi connectivity index (χ0n) is 16.1. The molecule has 0 aromatic heterocycles. The lowest BCUT2D eigenvalue weighted by atomic mass is 9.92. The molecule has 1 saturated heterocycles. The number of methoxy groups -OCH3 is 2. The van der Waals surface area contributed by atoms with Gasteiger partial charge in [0.05, 0.1) is 25.8 Å². The molecule has 1 N–H and O–H groups in total. The monoisotopic (exact) mass is 409 g/mol. The third kappa shape index (κ3) is 4.17. The smallest absolute Gasteiger partial charge is 0.416 e. The second kappa shape index (κ2) is 8.32. The lowest BCUT2D eigenvalue weighted by molar-refractivity contribution is -0.143. The van der Waals surface area contributed by atoms with Gasteiger partial charge in [-0.15, -0.1) is 0 Å². The molecule has 2 aromatic carbocycles. The zero-order chi connectivity index (χ0) is 21.2. The molecule has 2 unspecified atom stereocenters. The van der Waals surface area contributed by atoms with Crippen molar-refractivity contribution in [2.24, 2.45) is 0 Å². The molecule has 0 amide bonds. The molecule has 0 bridgehead atoms. The number of hydrogen-bond acceptors (Lipinski definition) is 4. The molecule has 29 heavy (non-hydrogen) atoms. The Bertz CT molecular complexity index is 884. The standard InChI is InChI=1S/C21H22F3NO4/c1-28-17-10-9-13(12-18(17)29-2)19(25-11-5-8-16(25)20(26)27)14-6-3-4-7-15(14)21(22,23)24/h3-4,6-7,9-10,12,16,19H,5,8,11H2,1-2H3,(H,26,27). The molecule has 0 spiro atoms. The second-order valence-electron chi connectivity index (χ2n) is 6.84. The first-order chi connectivity index (χ1) is 13.8. The average molecular weight is 409 g/mol. The van der Waals surface area contributed by atoms with E-state index in [-0.39, 0.29) is 5.56 Å². The number of carbonyl (C=O) groups is 1. The third-order valence-electron chi connectivity index (χ3n) is 5.20. The predicted octanol–water partition coefficient (Wildman–Crippen LogP) is 4.36. The van der Waals surface area contributed by atoms with E-state index in [1.165, 1.54) is 32.4 Å². The number of aliphatic carboxylic acids is 1. The van der Waals surface area contributed by atoms with E-state index in [0.29, 0.717) is 36.4 Å². The Labute approximate surface area is 166 Å². The largest absolute Gasteiger partial charge is 0.493 e. The van der Waals surface area contributed by atoms with Crippen LogP contribution in [0.25, 0.3) is 0 Å². The van der Waals surface area contributed by atoms with E-state index >= 15 is 0 Å². The molecule has 0 radical (unpaired) electrons. The minimum absolute atomic E-state index is 0.0142. The molecule has 1 aliphatic heterocycles. The summed E-state index contributed by atoms with van der Waals surface area (Å²) in [5.41, 5.74) is -0.260. The Morgan fingerprint density at radius 1 is 1.14 bits per heavy atom. The fourth-order valence-corrected chi connectivity index (χ4v) is 3.93. The van der Waals surface area contributed by atoms with Crippen molar-refractivity contribution in [1.29, 1.82) is 0 Å². The number of alkyl halides is 3. The molecule has 5 nitrogen and oxygen atoms in total. The first kappa shape index (κ1) is 21.0. The lowest BCUT2D eigenvalue weighted by Crippen LogP contribution is -2.39. The number of halogens is 3. The fourth-order valence-electron chi connectivity index (χ4n) is 3.93. The highest BCUT2D eigenvalue weighted by molar-refractivity contribution is 5.74. The van der Waals surface area contributed by atoms with Gasteiger partial charge in [0.2, 0.25) is 0 Å². The van der Waals surface area contributed by atoms with E-state index in [0.717, 1.165) is 6.07 Å². The number of carboxylic acid groups (broad SMARTS) is 1. The van der Waals surface area contributed by atoms with Gasteiger partial charge in [-0.2, -0.15) is 13.2 Å². The van der Waals surface area contributed by atoms with Gasteiger partial charge in [0, 0.05) is 6.54 Å². The van der Waals surface area contributed by atoms with Crippen molar-refractivity contribution in [3.05, 3.63) is 59.2 Å². The molecule has 2 aromatic rings. The van der Waals surface area contributed by atoms with Crippen molar-refractivity contribution in [2.45, 2.75) is 31.1 Å². The Morgan fingerprint density at radius 3 is 2.45 bits per heavy atom. The van der Waals surface area contributed by atoms with Gasteiger partial charge in [-0.05, 0) is 42.2 Å². The van der Waals surface area contributed by atoms with E-state index in [9.17, 15) is 23.1 Å². The van der Waals surface area contributed by atoms with Crippen molar-refractivity contribution in [3.63, 3.8) is 0 Å². The molecule has 8 heteroatoms. The van der Waals surface area contributed by atoms with E-state index in [1.54, 1.807) is 23.1 Å². The van der Waals surface area contributed by atoms with Crippen LogP contribution in [0.2, 0.25) is 0 Å². The van der Waals surface area contributed by atoms with Crippen LogP contribution in [-0.4, -0.2) is 42.8 Å². The molecule has 1 aliphatic rings. The molecule has 1 fully saturated rings. The summed E-state index contributed by atoms with van der Waals surface area (Å²) in [4.78, 5) is 13.4. The SMILES string of the molecule is COc1ccc(C(c2ccccc2C(F)(F)F)N2CCCC2C(=O)O)cc1OC. The summed E-state index contributed by atoms with van der Waals surface area (Å²) in [5, 5.41) is 9.63. The van der Waals surface area contributed by atoms with Crippen LogP contribution in [0.4, 0.5) is 13.2 Å². The maximum atomic E-state index is 13.8. The van der Waals surface area contributed by atoms with Gasteiger partial charge in [-0.25, -0.2) is 0 Å². The molecular formula is C21H22F3NO4. The van der Waals surface area contributed by atoms with E-state index in [1.807, 2.05) is 0 Å². The summed E-state index contributed by atoms with van der Waals surface area (Å²) in [6, 6.07) is 8.40. The minimum Gasteiger partial charge on any atom is -0.493 e. The normalized spacial score (nSPS) is 18.4. The highest BCUT2D eigenvalue weighted by Gasteiger charge is 2.41. The van der Waals surface area contributed by atoms with Gasteiger partial charge in [0.1, 0.15) is 6.04 Å². The van der Waals surface area contributed by atoms with Crippen LogP contribution < -0.4 is 9.47 Å². The molecule has 0 aliphatic carbocycles. The van der Waals surface area contributed by atoms with E-state index in [2.05, 4.69) is 0 Å². The van der Waals surface area contributed by atoms with Crippen molar-refractivity contribution < 1.29 is 32.5 Å². The van der Waals surface area contributed by atoms with Crippen molar-refractivity contribution in [2.75, 3.05) is 20.8 Å². The number of carboxylic acids is 1.